The summed E-state index contributed by atoms with van der Waals surface area (Å²) in [5, 5.41) is 16.9. The Labute approximate surface area is 90.3 Å². The molecular formula is C11H19N3O. The molecule has 1 fully saturated rings. The molecule has 2 N–H and O–H groups in total. The van der Waals surface area contributed by atoms with Crippen molar-refractivity contribution in [2.24, 2.45) is 5.92 Å². The molecule has 0 bridgehead atoms. The van der Waals surface area contributed by atoms with Crippen LogP contribution in [-0.2, 0) is 6.54 Å². The van der Waals surface area contributed by atoms with E-state index in [1.165, 1.54) is 0 Å². The fourth-order valence-electron chi connectivity index (χ4n) is 2.17. The fourth-order valence-corrected chi connectivity index (χ4v) is 2.17. The van der Waals surface area contributed by atoms with Gasteiger partial charge in [-0.15, -0.1) is 0 Å². The van der Waals surface area contributed by atoms with Crippen molar-refractivity contribution in [1.29, 1.82) is 0 Å². The molecule has 1 aliphatic carbocycles. The summed E-state index contributed by atoms with van der Waals surface area (Å²) in [6, 6.07) is 1.94. The van der Waals surface area contributed by atoms with E-state index in [9.17, 15) is 5.11 Å². The molecule has 4 nitrogen and oxygen atoms in total. The van der Waals surface area contributed by atoms with Gasteiger partial charge in [0.25, 0.3) is 0 Å². The molecule has 2 rings (SSSR count). The van der Waals surface area contributed by atoms with Crippen LogP contribution in [0.4, 0.5) is 0 Å². The van der Waals surface area contributed by atoms with Crippen molar-refractivity contribution in [2.75, 3.05) is 13.1 Å². The third kappa shape index (κ3) is 3.32. The molecule has 2 atom stereocenters. The average molecular weight is 209 g/mol. The molecule has 1 aromatic heterocycles. The van der Waals surface area contributed by atoms with Crippen LogP contribution < -0.4 is 5.32 Å². The van der Waals surface area contributed by atoms with Crippen LogP contribution in [0.5, 0.6) is 0 Å². The van der Waals surface area contributed by atoms with E-state index >= 15 is 0 Å². The number of aliphatic hydroxyl groups is 1. The van der Waals surface area contributed by atoms with Crippen molar-refractivity contribution in [3.63, 3.8) is 0 Å². The van der Waals surface area contributed by atoms with E-state index in [2.05, 4.69) is 10.4 Å². The summed E-state index contributed by atoms with van der Waals surface area (Å²) in [6.45, 7) is 2.90. The number of nitrogens with zero attached hydrogens (tertiary/aromatic N) is 2. The van der Waals surface area contributed by atoms with Crippen molar-refractivity contribution in [3.8, 4) is 0 Å². The van der Waals surface area contributed by atoms with Crippen LogP contribution in [0.2, 0.25) is 0 Å². The third-order valence-electron chi connectivity index (χ3n) is 3.02. The molecule has 0 spiro atoms. The first kappa shape index (κ1) is 10.6. The lowest BCUT2D eigenvalue weighted by molar-refractivity contribution is 0.177. The van der Waals surface area contributed by atoms with Crippen molar-refractivity contribution >= 4 is 0 Å². The van der Waals surface area contributed by atoms with Gasteiger partial charge in [-0.1, -0.05) is 0 Å². The molecule has 0 amide bonds. The minimum atomic E-state index is -0.0529. The summed E-state index contributed by atoms with van der Waals surface area (Å²) in [6.07, 6.45) is 6.83. The van der Waals surface area contributed by atoms with Gasteiger partial charge in [0.2, 0.25) is 0 Å². The van der Waals surface area contributed by atoms with Crippen LogP contribution in [0.3, 0.4) is 0 Å². The Bertz CT molecular complexity index is 273. The predicted octanol–water partition coefficient (Wildman–Crippen LogP) is 0.634. The SMILES string of the molecule is OC1CCC(CNCCn2cccn2)C1. The van der Waals surface area contributed by atoms with E-state index in [0.29, 0.717) is 5.92 Å². The molecule has 1 saturated carbocycles. The van der Waals surface area contributed by atoms with Gasteiger partial charge in [-0.25, -0.2) is 0 Å². The summed E-state index contributed by atoms with van der Waals surface area (Å²) in [7, 11) is 0. The van der Waals surface area contributed by atoms with Crippen LogP contribution in [0.25, 0.3) is 0 Å². The van der Waals surface area contributed by atoms with Gasteiger partial charge in [0.05, 0.1) is 12.6 Å². The van der Waals surface area contributed by atoms with E-state index in [4.69, 9.17) is 0 Å². The fraction of sp³-hybridized carbons (Fsp3) is 0.727. The van der Waals surface area contributed by atoms with E-state index in [-0.39, 0.29) is 6.10 Å². The van der Waals surface area contributed by atoms with Crippen LogP contribution in [0.15, 0.2) is 18.5 Å². The minimum absolute atomic E-state index is 0.0529. The van der Waals surface area contributed by atoms with E-state index in [1.54, 1.807) is 6.20 Å². The van der Waals surface area contributed by atoms with Crippen LogP contribution >= 0.6 is 0 Å². The van der Waals surface area contributed by atoms with Gasteiger partial charge < -0.3 is 10.4 Å². The summed E-state index contributed by atoms with van der Waals surface area (Å²) in [5.41, 5.74) is 0. The number of rotatable bonds is 5. The third-order valence-corrected chi connectivity index (χ3v) is 3.02. The highest BCUT2D eigenvalue weighted by Crippen LogP contribution is 2.24. The maximum Gasteiger partial charge on any atom is 0.0543 e. The number of hydrogen-bond acceptors (Lipinski definition) is 3. The van der Waals surface area contributed by atoms with Crippen molar-refractivity contribution < 1.29 is 5.11 Å². The van der Waals surface area contributed by atoms with Gasteiger partial charge in [0.1, 0.15) is 0 Å². The Kier molecular flexibility index (Phi) is 3.75. The van der Waals surface area contributed by atoms with Crippen LogP contribution in [0, 0.1) is 5.92 Å². The standard InChI is InChI=1S/C11H19N3O/c15-11-3-2-10(8-11)9-12-5-7-14-6-1-4-13-14/h1,4,6,10-12,15H,2-3,5,7-9H2. The lowest BCUT2D eigenvalue weighted by Crippen LogP contribution is -2.25. The quantitative estimate of drug-likeness (QED) is 0.699. The van der Waals surface area contributed by atoms with E-state index < -0.39 is 0 Å². The summed E-state index contributed by atoms with van der Waals surface area (Å²) in [4.78, 5) is 0. The summed E-state index contributed by atoms with van der Waals surface area (Å²) < 4.78 is 1.93. The molecule has 2 unspecified atom stereocenters. The Morgan fingerprint density at radius 1 is 1.47 bits per heavy atom. The zero-order chi connectivity index (χ0) is 10.5. The van der Waals surface area contributed by atoms with E-state index in [1.807, 2.05) is 16.9 Å². The van der Waals surface area contributed by atoms with Gasteiger partial charge >= 0.3 is 0 Å². The van der Waals surface area contributed by atoms with E-state index in [0.717, 1.165) is 38.9 Å². The summed E-state index contributed by atoms with van der Waals surface area (Å²) in [5.74, 6) is 0.664. The van der Waals surface area contributed by atoms with Crippen molar-refractivity contribution in [1.82, 2.24) is 15.1 Å². The Balaban J connectivity index is 1.55. The maximum atomic E-state index is 9.36. The Hall–Kier alpha value is -0.870. The van der Waals surface area contributed by atoms with Gasteiger partial charge in [-0.05, 0) is 37.8 Å². The number of aromatic nitrogens is 2. The molecular weight excluding hydrogens is 190 g/mol. The lowest BCUT2D eigenvalue weighted by Gasteiger charge is -2.10. The first-order valence-electron chi connectivity index (χ1n) is 5.71. The lowest BCUT2D eigenvalue weighted by atomic mass is 10.1. The van der Waals surface area contributed by atoms with Crippen molar-refractivity contribution in [3.05, 3.63) is 18.5 Å². The topological polar surface area (TPSA) is 50.1 Å². The highest BCUT2D eigenvalue weighted by atomic mass is 16.3. The molecule has 0 saturated heterocycles. The number of nitrogens with one attached hydrogen (secondary N) is 1. The molecule has 15 heavy (non-hydrogen) atoms. The molecule has 0 aliphatic heterocycles. The van der Waals surface area contributed by atoms with Crippen LogP contribution in [-0.4, -0.2) is 34.1 Å². The van der Waals surface area contributed by atoms with Gasteiger partial charge in [-0.2, -0.15) is 5.10 Å². The zero-order valence-electron chi connectivity index (χ0n) is 8.97. The second-order valence-corrected chi connectivity index (χ2v) is 4.31. The smallest absolute Gasteiger partial charge is 0.0543 e. The normalized spacial score (nSPS) is 25.9. The minimum Gasteiger partial charge on any atom is -0.393 e. The monoisotopic (exact) mass is 209 g/mol. The van der Waals surface area contributed by atoms with Gasteiger partial charge in [0, 0.05) is 18.9 Å². The predicted molar refractivity (Wildman–Crippen MR) is 58.4 cm³/mol. The molecule has 4 heteroatoms. The molecule has 0 aromatic carbocycles. The second kappa shape index (κ2) is 5.28. The molecule has 1 heterocycles. The highest BCUT2D eigenvalue weighted by molar-refractivity contribution is 4.78. The van der Waals surface area contributed by atoms with Gasteiger partial charge in [0.15, 0.2) is 0 Å². The zero-order valence-corrected chi connectivity index (χ0v) is 8.97. The highest BCUT2D eigenvalue weighted by Gasteiger charge is 2.21. The number of aliphatic hydroxyl groups excluding tert-OH is 1. The average Bonchev–Trinajstić information content (AvgIpc) is 2.84. The maximum absolute atomic E-state index is 9.36. The Morgan fingerprint density at radius 3 is 3.07 bits per heavy atom. The molecule has 0 radical (unpaired) electrons. The van der Waals surface area contributed by atoms with Gasteiger partial charge in [-0.3, -0.25) is 4.68 Å². The summed E-state index contributed by atoms with van der Waals surface area (Å²) >= 11 is 0. The molecule has 1 aliphatic rings. The first-order chi connectivity index (χ1) is 7.34. The number of hydrogen-bond donors (Lipinski definition) is 2. The van der Waals surface area contributed by atoms with Crippen molar-refractivity contribution in [2.45, 2.75) is 31.9 Å². The Morgan fingerprint density at radius 2 is 2.40 bits per heavy atom. The largest absolute Gasteiger partial charge is 0.393 e. The molecule has 84 valence electrons. The molecule has 1 aromatic rings. The second-order valence-electron chi connectivity index (χ2n) is 4.31. The van der Waals surface area contributed by atoms with Crippen LogP contribution in [0.1, 0.15) is 19.3 Å². The first-order valence-corrected chi connectivity index (χ1v) is 5.71.